The van der Waals surface area contributed by atoms with Crippen LogP contribution in [0.15, 0.2) is 41.7 Å². The van der Waals surface area contributed by atoms with Crippen LogP contribution in [0, 0.1) is 0 Å². The maximum absolute atomic E-state index is 13.1. The Kier molecular flexibility index (Phi) is 6.62. The number of benzene rings is 1. The maximum atomic E-state index is 13.1. The number of ether oxygens (including phenoxy) is 1. The van der Waals surface area contributed by atoms with Crippen molar-refractivity contribution in [3.8, 4) is 5.88 Å². The van der Waals surface area contributed by atoms with Crippen LogP contribution in [-0.4, -0.2) is 30.8 Å². The normalized spacial score (nSPS) is 11.9. The number of pyridine rings is 1. The van der Waals surface area contributed by atoms with Gasteiger partial charge in [-0.1, -0.05) is 41.0 Å². The first kappa shape index (κ1) is 20.5. The van der Waals surface area contributed by atoms with Gasteiger partial charge in [0.15, 0.2) is 5.71 Å². The lowest BCUT2D eigenvalue weighted by molar-refractivity contribution is -0.139. The second-order valence-corrected chi connectivity index (χ2v) is 5.59. The number of carbonyl (C=O) groups is 1. The van der Waals surface area contributed by atoms with Gasteiger partial charge >= 0.3 is 6.18 Å². The number of nitrogens with one attached hydrogen (secondary N) is 1. The SMILES string of the molecule is CNC(=O)/C(=N/OC)c1ccccc1COc1ncc(Cl)cc1C(F)(F)F. The van der Waals surface area contributed by atoms with E-state index in [-0.39, 0.29) is 17.3 Å². The molecule has 6 nitrogen and oxygen atoms in total. The molecule has 1 N–H and O–H groups in total. The number of carbonyl (C=O) groups excluding carboxylic acids is 1. The summed E-state index contributed by atoms with van der Waals surface area (Å²) in [5.41, 5.74) is -0.369. The molecule has 0 saturated heterocycles. The molecule has 10 heteroatoms. The summed E-state index contributed by atoms with van der Waals surface area (Å²) in [5, 5.41) is 5.94. The molecule has 1 aromatic heterocycles. The minimum Gasteiger partial charge on any atom is -0.472 e. The van der Waals surface area contributed by atoms with E-state index >= 15 is 0 Å². The second kappa shape index (κ2) is 8.72. The van der Waals surface area contributed by atoms with E-state index in [0.717, 1.165) is 12.3 Å². The van der Waals surface area contributed by atoms with Gasteiger partial charge in [-0.25, -0.2) is 4.98 Å². The largest absolute Gasteiger partial charge is 0.472 e. The van der Waals surface area contributed by atoms with Gasteiger partial charge in [-0.15, -0.1) is 0 Å². The van der Waals surface area contributed by atoms with E-state index in [9.17, 15) is 18.0 Å². The fourth-order valence-corrected chi connectivity index (χ4v) is 2.35. The average molecular weight is 402 g/mol. The highest BCUT2D eigenvalue weighted by Gasteiger charge is 2.35. The number of aromatic nitrogens is 1. The van der Waals surface area contributed by atoms with Crippen LogP contribution in [-0.2, 0) is 22.4 Å². The number of hydrogen-bond donors (Lipinski definition) is 1. The zero-order valence-electron chi connectivity index (χ0n) is 14.3. The Balaban J connectivity index is 2.36. The third kappa shape index (κ3) is 5.10. The zero-order chi connectivity index (χ0) is 20.0. The fraction of sp³-hybridized carbons (Fsp3) is 0.235. The molecule has 0 radical (unpaired) electrons. The van der Waals surface area contributed by atoms with Crippen molar-refractivity contribution >= 4 is 23.2 Å². The minimum atomic E-state index is -4.68. The van der Waals surface area contributed by atoms with Gasteiger partial charge in [0.2, 0.25) is 5.88 Å². The Morgan fingerprint density at radius 3 is 2.67 bits per heavy atom. The lowest BCUT2D eigenvalue weighted by Gasteiger charge is -2.15. The molecule has 27 heavy (non-hydrogen) atoms. The van der Waals surface area contributed by atoms with Crippen LogP contribution in [0.2, 0.25) is 5.02 Å². The van der Waals surface area contributed by atoms with Crippen LogP contribution in [0.3, 0.4) is 0 Å². The molecule has 0 atom stereocenters. The van der Waals surface area contributed by atoms with Crippen LogP contribution in [0.5, 0.6) is 5.88 Å². The Labute approximate surface area is 157 Å². The summed E-state index contributed by atoms with van der Waals surface area (Å²) >= 11 is 5.60. The number of alkyl halides is 3. The Hall–Kier alpha value is -2.81. The topological polar surface area (TPSA) is 72.8 Å². The highest BCUT2D eigenvalue weighted by atomic mass is 35.5. The summed E-state index contributed by atoms with van der Waals surface area (Å²) < 4.78 is 44.7. The molecule has 0 saturated carbocycles. The fourth-order valence-electron chi connectivity index (χ4n) is 2.19. The van der Waals surface area contributed by atoms with Gasteiger partial charge in [0.05, 0.1) is 5.02 Å². The standard InChI is InChI=1S/C17H15ClF3N3O3/c1-22-15(25)14(24-26-2)12-6-4-3-5-10(12)9-27-16-13(17(19,20)21)7-11(18)8-23-16/h3-8H,9H2,1-2H3,(H,22,25)/b24-14+. The quantitative estimate of drug-likeness (QED) is 0.594. The van der Waals surface area contributed by atoms with Gasteiger partial charge < -0.3 is 14.9 Å². The van der Waals surface area contributed by atoms with Crippen LogP contribution >= 0.6 is 11.6 Å². The van der Waals surface area contributed by atoms with Crippen LogP contribution in [0.4, 0.5) is 13.2 Å². The van der Waals surface area contributed by atoms with Crippen molar-refractivity contribution in [2.45, 2.75) is 12.8 Å². The van der Waals surface area contributed by atoms with Gasteiger partial charge in [0.1, 0.15) is 19.3 Å². The summed E-state index contributed by atoms with van der Waals surface area (Å²) in [6.45, 7) is -0.284. The average Bonchev–Trinajstić information content (AvgIpc) is 2.64. The molecule has 144 valence electrons. The minimum absolute atomic E-state index is 0.0423. The summed E-state index contributed by atoms with van der Waals surface area (Å²) in [6.07, 6.45) is -3.63. The predicted octanol–water partition coefficient (Wildman–Crippen LogP) is 3.43. The zero-order valence-corrected chi connectivity index (χ0v) is 15.1. The van der Waals surface area contributed by atoms with E-state index in [4.69, 9.17) is 16.3 Å². The number of nitrogens with zero attached hydrogens (tertiary/aromatic N) is 2. The third-order valence-electron chi connectivity index (χ3n) is 3.38. The molecule has 0 aliphatic heterocycles. The second-order valence-electron chi connectivity index (χ2n) is 5.15. The van der Waals surface area contributed by atoms with Crippen LogP contribution in [0.1, 0.15) is 16.7 Å². The first-order valence-corrected chi connectivity index (χ1v) is 7.92. The van der Waals surface area contributed by atoms with Crippen molar-refractivity contribution in [3.05, 3.63) is 58.2 Å². The number of likely N-dealkylation sites (N-methyl/N-ethyl adjacent to an activating group) is 1. The highest BCUT2D eigenvalue weighted by Crippen LogP contribution is 2.36. The number of halogens is 4. The van der Waals surface area contributed by atoms with Gasteiger partial charge in [-0.3, -0.25) is 4.79 Å². The molecule has 1 heterocycles. The van der Waals surface area contributed by atoms with Crippen molar-refractivity contribution in [2.24, 2.45) is 5.16 Å². The molecule has 0 aliphatic carbocycles. The number of rotatable bonds is 6. The predicted molar refractivity (Wildman–Crippen MR) is 92.6 cm³/mol. The first-order chi connectivity index (χ1) is 12.8. The van der Waals surface area contributed by atoms with E-state index in [1.54, 1.807) is 24.3 Å². The van der Waals surface area contributed by atoms with Crippen molar-refractivity contribution < 1.29 is 27.5 Å². The molecule has 2 rings (SSSR count). The number of hydrogen-bond acceptors (Lipinski definition) is 5. The number of oxime groups is 1. The van der Waals surface area contributed by atoms with Crippen LogP contribution in [0.25, 0.3) is 0 Å². The molecular weight excluding hydrogens is 387 g/mol. The summed E-state index contributed by atoms with van der Waals surface area (Å²) in [6, 6.07) is 7.20. The number of amides is 1. The molecule has 1 amide bonds. The molecule has 0 fully saturated rings. The van der Waals surface area contributed by atoms with E-state index in [1.807, 2.05) is 0 Å². The third-order valence-corrected chi connectivity index (χ3v) is 3.59. The van der Waals surface area contributed by atoms with Gasteiger partial charge in [-0.05, 0) is 11.6 Å². The smallest absolute Gasteiger partial charge is 0.421 e. The van der Waals surface area contributed by atoms with E-state index in [1.165, 1.54) is 14.2 Å². The van der Waals surface area contributed by atoms with Gasteiger partial charge in [0.25, 0.3) is 5.91 Å². The van der Waals surface area contributed by atoms with Crippen molar-refractivity contribution in [1.29, 1.82) is 0 Å². The molecule has 0 unspecified atom stereocenters. The molecule has 0 bridgehead atoms. The van der Waals surface area contributed by atoms with Gasteiger partial charge in [-0.2, -0.15) is 13.2 Å². The maximum Gasteiger partial charge on any atom is 0.421 e. The lowest BCUT2D eigenvalue weighted by atomic mass is 10.0. The molecular formula is C17H15ClF3N3O3. The van der Waals surface area contributed by atoms with Crippen LogP contribution < -0.4 is 10.1 Å². The summed E-state index contributed by atoms with van der Waals surface area (Å²) in [7, 11) is 2.69. The van der Waals surface area contributed by atoms with Crippen molar-refractivity contribution in [2.75, 3.05) is 14.2 Å². The van der Waals surface area contributed by atoms with Crippen molar-refractivity contribution in [3.63, 3.8) is 0 Å². The Morgan fingerprint density at radius 1 is 1.33 bits per heavy atom. The monoisotopic (exact) mass is 401 g/mol. The molecule has 0 aliphatic rings. The summed E-state index contributed by atoms with van der Waals surface area (Å²) in [5.74, 6) is -1.14. The summed E-state index contributed by atoms with van der Waals surface area (Å²) in [4.78, 5) is 20.3. The van der Waals surface area contributed by atoms with E-state index in [2.05, 4.69) is 20.3 Å². The Morgan fingerprint density at radius 2 is 2.04 bits per heavy atom. The first-order valence-electron chi connectivity index (χ1n) is 7.55. The highest BCUT2D eigenvalue weighted by molar-refractivity contribution is 6.45. The molecule has 0 spiro atoms. The molecule has 2 aromatic rings. The van der Waals surface area contributed by atoms with Gasteiger partial charge in [0, 0.05) is 18.8 Å². The van der Waals surface area contributed by atoms with E-state index in [0.29, 0.717) is 11.1 Å². The lowest BCUT2D eigenvalue weighted by Crippen LogP contribution is -2.29. The molecule has 1 aromatic carbocycles. The van der Waals surface area contributed by atoms with Crippen molar-refractivity contribution in [1.82, 2.24) is 10.3 Å². The van der Waals surface area contributed by atoms with E-state index < -0.39 is 23.5 Å². The Bertz CT molecular complexity index is 857.